The van der Waals surface area contributed by atoms with Crippen LogP contribution in [0.5, 0.6) is 0 Å². The second-order valence-corrected chi connectivity index (χ2v) is 7.68. The van der Waals surface area contributed by atoms with Crippen molar-refractivity contribution in [2.24, 2.45) is 13.0 Å². The first-order valence-electron chi connectivity index (χ1n) is 8.11. The van der Waals surface area contributed by atoms with E-state index in [0.29, 0.717) is 36.1 Å². The molecular formula is C16H20N4O4S. The van der Waals surface area contributed by atoms with Crippen LogP contribution in [-0.4, -0.2) is 36.9 Å². The Kier molecular flexibility index (Phi) is 4.68. The molecule has 0 spiro atoms. The lowest BCUT2D eigenvalue weighted by Gasteiger charge is -2.15. The Morgan fingerprint density at radius 3 is 2.60 bits per heavy atom. The maximum Gasteiger partial charge on any atom is 0.332 e. The standard InChI is InChI=1S/C16H20N4O4S/c1-8(2)7-20-12-11(14(21)19(4)16(20)23)13(18-9(3)17-12)25-10-5-6-24-15(10)22/h8,10H,5-7H2,1-4H3/t10-/m0/s1. The molecule has 0 aromatic carbocycles. The summed E-state index contributed by atoms with van der Waals surface area (Å²) < 4.78 is 7.56. The number of ether oxygens (including phenoxy) is 1. The molecule has 0 N–H and O–H groups in total. The molecule has 9 heteroatoms. The molecule has 25 heavy (non-hydrogen) atoms. The van der Waals surface area contributed by atoms with Crippen LogP contribution in [-0.2, 0) is 23.1 Å². The predicted molar refractivity (Wildman–Crippen MR) is 93.8 cm³/mol. The third-order valence-corrected chi connectivity index (χ3v) is 5.18. The SMILES string of the molecule is Cc1nc(S[C@H]2CCOC2=O)c2c(=O)n(C)c(=O)n(CC(C)C)c2n1. The molecule has 1 aliphatic rings. The van der Waals surface area contributed by atoms with Gasteiger partial charge in [0.05, 0.1) is 6.61 Å². The number of nitrogens with zero attached hydrogens (tertiary/aromatic N) is 4. The topological polar surface area (TPSA) is 96.1 Å². The third-order valence-electron chi connectivity index (χ3n) is 3.95. The van der Waals surface area contributed by atoms with Crippen molar-refractivity contribution in [2.45, 2.75) is 44.0 Å². The first-order valence-corrected chi connectivity index (χ1v) is 8.99. The van der Waals surface area contributed by atoms with Crippen molar-refractivity contribution in [1.82, 2.24) is 19.1 Å². The largest absolute Gasteiger partial charge is 0.465 e. The van der Waals surface area contributed by atoms with E-state index in [9.17, 15) is 14.4 Å². The normalized spacial score (nSPS) is 17.5. The van der Waals surface area contributed by atoms with Gasteiger partial charge < -0.3 is 4.74 Å². The van der Waals surface area contributed by atoms with Crippen LogP contribution in [0.25, 0.3) is 11.0 Å². The van der Waals surface area contributed by atoms with Crippen molar-refractivity contribution in [3.8, 4) is 0 Å². The Morgan fingerprint density at radius 2 is 2.00 bits per heavy atom. The van der Waals surface area contributed by atoms with E-state index in [1.807, 2.05) is 13.8 Å². The Morgan fingerprint density at radius 1 is 1.28 bits per heavy atom. The van der Waals surface area contributed by atoms with E-state index in [2.05, 4.69) is 9.97 Å². The summed E-state index contributed by atoms with van der Waals surface area (Å²) >= 11 is 1.20. The number of aryl methyl sites for hydroxylation is 1. The second-order valence-electron chi connectivity index (χ2n) is 6.49. The summed E-state index contributed by atoms with van der Waals surface area (Å²) in [6.45, 7) is 6.49. The lowest BCUT2D eigenvalue weighted by atomic mass is 10.2. The maximum atomic E-state index is 12.7. The number of carbonyl (C=O) groups is 1. The monoisotopic (exact) mass is 364 g/mol. The summed E-state index contributed by atoms with van der Waals surface area (Å²) in [6, 6.07) is 0. The third kappa shape index (κ3) is 3.20. The highest BCUT2D eigenvalue weighted by Crippen LogP contribution is 2.31. The minimum Gasteiger partial charge on any atom is -0.465 e. The van der Waals surface area contributed by atoms with Gasteiger partial charge in [0.25, 0.3) is 5.56 Å². The molecule has 0 saturated carbocycles. The molecule has 3 heterocycles. The zero-order chi connectivity index (χ0) is 18.3. The van der Waals surface area contributed by atoms with E-state index in [0.717, 1.165) is 4.57 Å². The van der Waals surface area contributed by atoms with Crippen molar-refractivity contribution < 1.29 is 9.53 Å². The number of carbonyl (C=O) groups excluding carboxylic acids is 1. The van der Waals surface area contributed by atoms with E-state index >= 15 is 0 Å². The van der Waals surface area contributed by atoms with Gasteiger partial charge in [-0.15, -0.1) is 0 Å². The summed E-state index contributed by atoms with van der Waals surface area (Å²) in [5.41, 5.74) is -0.530. The fourth-order valence-corrected chi connectivity index (χ4v) is 3.90. The lowest BCUT2D eigenvalue weighted by molar-refractivity contribution is -0.137. The molecule has 1 fully saturated rings. The quantitative estimate of drug-likeness (QED) is 0.586. The van der Waals surface area contributed by atoms with E-state index in [1.165, 1.54) is 23.4 Å². The van der Waals surface area contributed by atoms with Crippen LogP contribution in [0.15, 0.2) is 14.6 Å². The molecular weight excluding hydrogens is 344 g/mol. The van der Waals surface area contributed by atoms with Crippen LogP contribution in [0.2, 0.25) is 0 Å². The van der Waals surface area contributed by atoms with Gasteiger partial charge >= 0.3 is 11.7 Å². The Balaban J connectivity index is 2.28. The number of rotatable bonds is 4. The van der Waals surface area contributed by atoms with E-state index in [4.69, 9.17) is 4.74 Å². The Bertz CT molecular complexity index is 963. The van der Waals surface area contributed by atoms with E-state index < -0.39 is 16.5 Å². The summed E-state index contributed by atoms with van der Waals surface area (Å²) in [7, 11) is 1.44. The molecule has 0 bridgehead atoms. The van der Waals surface area contributed by atoms with Gasteiger partial charge in [0.1, 0.15) is 21.5 Å². The van der Waals surface area contributed by atoms with Gasteiger partial charge in [-0.3, -0.25) is 18.7 Å². The van der Waals surface area contributed by atoms with Crippen LogP contribution >= 0.6 is 11.8 Å². The number of thioether (sulfide) groups is 1. The minimum atomic E-state index is -0.450. The molecule has 0 aliphatic carbocycles. The van der Waals surface area contributed by atoms with Gasteiger partial charge in [0.2, 0.25) is 0 Å². The van der Waals surface area contributed by atoms with Crippen molar-refractivity contribution in [1.29, 1.82) is 0 Å². The van der Waals surface area contributed by atoms with Gasteiger partial charge in [-0.2, -0.15) is 0 Å². The molecule has 2 aromatic heterocycles. The molecule has 2 aromatic rings. The van der Waals surface area contributed by atoms with Gasteiger partial charge in [-0.25, -0.2) is 14.8 Å². The minimum absolute atomic E-state index is 0.203. The van der Waals surface area contributed by atoms with E-state index in [-0.39, 0.29) is 17.3 Å². The smallest absolute Gasteiger partial charge is 0.332 e. The summed E-state index contributed by atoms with van der Waals surface area (Å²) in [4.78, 5) is 45.8. The van der Waals surface area contributed by atoms with Crippen LogP contribution in [0.4, 0.5) is 0 Å². The molecule has 0 unspecified atom stereocenters. The predicted octanol–water partition coefficient (Wildman–Crippen LogP) is 0.862. The molecule has 0 amide bonds. The van der Waals surface area contributed by atoms with Gasteiger partial charge in [-0.1, -0.05) is 25.6 Å². The molecule has 1 saturated heterocycles. The number of hydrogen-bond donors (Lipinski definition) is 0. The summed E-state index contributed by atoms with van der Waals surface area (Å²) in [6.07, 6.45) is 0.569. The van der Waals surface area contributed by atoms with Gasteiger partial charge in [-0.05, 0) is 12.8 Å². The highest BCUT2D eigenvalue weighted by Gasteiger charge is 2.30. The fraction of sp³-hybridized carbons (Fsp3) is 0.562. The zero-order valence-electron chi connectivity index (χ0n) is 14.6. The fourth-order valence-electron chi connectivity index (χ4n) is 2.78. The zero-order valence-corrected chi connectivity index (χ0v) is 15.4. The van der Waals surface area contributed by atoms with Crippen molar-refractivity contribution in [2.75, 3.05) is 6.61 Å². The highest BCUT2D eigenvalue weighted by atomic mass is 32.2. The van der Waals surface area contributed by atoms with Gasteiger partial charge in [0, 0.05) is 20.0 Å². The Hall–Kier alpha value is -2.16. The molecule has 134 valence electrons. The average Bonchev–Trinajstić information content (AvgIpc) is 2.94. The summed E-state index contributed by atoms with van der Waals surface area (Å²) in [5.74, 6) is 0.350. The van der Waals surface area contributed by atoms with Crippen LogP contribution in [0.3, 0.4) is 0 Å². The molecule has 1 aliphatic heterocycles. The average molecular weight is 364 g/mol. The number of hydrogen-bond acceptors (Lipinski definition) is 7. The van der Waals surface area contributed by atoms with E-state index in [1.54, 1.807) is 6.92 Å². The van der Waals surface area contributed by atoms with Crippen molar-refractivity contribution >= 4 is 28.8 Å². The molecule has 1 atom stereocenters. The second kappa shape index (κ2) is 6.62. The Labute approximate surface area is 148 Å². The van der Waals surface area contributed by atoms with Crippen LogP contribution in [0.1, 0.15) is 26.1 Å². The van der Waals surface area contributed by atoms with Crippen molar-refractivity contribution in [3.05, 3.63) is 26.7 Å². The van der Waals surface area contributed by atoms with Gasteiger partial charge in [0.15, 0.2) is 5.65 Å². The lowest BCUT2D eigenvalue weighted by Crippen LogP contribution is -2.39. The first kappa shape index (κ1) is 17.7. The number of fused-ring (bicyclic) bond motifs is 1. The first-order chi connectivity index (χ1) is 11.8. The highest BCUT2D eigenvalue weighted by molar-refractivity contribution is 8.00. The van der Waals surface area contributed by atoms with Crippen molar-refractivity contribution in [3.63, 3.8) is 0 Å². The number of esters is 1. The molecule has 0 radical (unpaired) electrons. The molecule has 3 rings (SSSR count). The molecule has 8 nitrogen and oxygen atoms in total. The maximum absolute atomic E-state index is 12.7. The number of aromatic nitrogens is 4. The van der Waals surface area contributed by atoms with Crippen LogP contribution < -0.4 is 11.2 Å². The van der Waals surface area contributed by atoms with Crippen LogP contribution in [0, 0.1) is 12.8 Å². The summed E-state index contributed by atoms with van der Waals surface area (Å²) in [5, 5.41) is 0.301. The number of cyclic esters (lactones) is 1.